The molecule has 1 saturated carbocycles. The average molecular weight is 335 g/mol. The van der Waals surface area contributed by atoms with Gasteiger partial charge < -0.3 is 10.2 Å². The Hall–Kier alpha value is -1.43. The Bertz CT molecular complexity index is 609. The number of nitrogens with one attached hydrogen (secondary N) is 1. The highest BCUT2D eigenvalue weighted by Gasteiger charge is 2.36. The van der Waals surface area contributed by atoms with Crippen LogP contribution in [0, 0.1) is 25.7 Å². The summed E-state index contributed by atoms with van der Waals surface area (Å²) in [6.07, 6.45) is 3.83. The largest absolute Gasteiger partial charge is 0.348 e. The lowest BCUT2D eigenvalue weighted by molar-refractivity contribution is -0.137. The van der Waals surface area contributed by atoms with Crippen molar-refractivity contribution in [2.24, 2.45) is 11.8 Å². The number of aryl methyl sites for hydroxylation is 2. The van der Waals surface area contributed by atoms with Gasteiger partial charge in [-0.1, -0.05) is 0 Å². The van der Waals surface area contributed by atoms with Crippen molar-refractivity contribution in [3.8, 4) is 0 Å². The van der Waals surface area contributed by atoms with Crippen molar-refractivity contribution in [3.63, 3.8) is 0 Å². The molecule has 2 fully saturated rings. The highest BCUT2D eigenvalue weighted by molar-refractivity contribution is 7.11. The number of thiazole rings is 1. The van der Waals surface area contributed by atoms with Gasteiger partial charge in [0.25, 0.3) is 0 Å². The van der Waals surface area contributed by atoms with Crippen molar-refractivity contribution in [2.45, 2.75) is 52.5 Å². The van der Waals surface area contributed by atoms with E-state index in [0.717, 1.165) is 47.8 Å². The van der Waals surface area contributed by atoms with Gasteiger partial charge in [0, 0.05) is 23.9 Å². The maximum atomic E-state index is 12.6. The predicted octanol–water partition coefficient (Wildman–Crippen LogP) is 2.59. The van der Waals surface area contributed by atoms with E-state index < -0.39 is 0 Å². The fourth-order valence-electron chi connectivity index (χ4n) is 3.33. The van der Waals surface area contributed by atoms with Crippen LogP contribution in [0.5, 0.6) is 0 Å². The SMILES string of the molecule is Cc1nc(C)c([C@H](C)NC(=O)[C@H]2CCCN(C(=O)C3CC3)C2)s1. The lowest BCUT2D eigenvalue weighted by atomic mass is 9.96. The Morgan fingerprint density at radius 2 is 2.00 bits per heavy atom. The van der Waals surface area contributed by atoms with Crippen molar-refractivity contribution in [1.82, 2.24) is 15.2 Å². The van der Waals surface area contributed by atoms with E-state index in [1.165, 1.54) is 0 Å². The van der Waals surface area contributed by atoms with Crippen molar-refractivity contribution < 1.29 is 9.59 Å². The summed E-state index contributed by atoms with van der Waals surface area (Å²) in [5.41, 5.74) is 0.995. The summed E-state index contributed by atoms with van der Waals surface area (Å²) in [7, 11) is 0. The number of hydrogen-bond donors (Lipinski definition) is 1. The van der Waals surface area contributed by atoms with E-state index in [2.05, 4.69) is 10.3 Å². The number of carbonyl (C=O) groups is 2. The molecule has 3 rings (SSSR count). The van der Waals surface area contributed by atoms with Crippen LogP contribution in [0.1, 0.15) is 54.2 Å². The summed E-state index contributed by atoms with van der Waals surface area (Å²) in [6.45, 7) is 7.36. The fraction of sp³-hybridized carbons (Fsp3) is 0.706. The van der Waals surface area contributed by atoms with Gasteiger partial charge in [-0.15, -0.1) is 11.3 Å². The molecule has 126 valence electrons. The van der Waals surface area contributed by atoms with Crippen LogP contribution in [0.3, 0.4) is 0 Å². The van der Waals surface area contributed by atoms with Crippen molar-refractivity contribution in [2.75, 3.05) is 13.1 Å². The smallest absolute Gasteiger partial charge is 0.225 e. The van der Waals surface area contributed by atoms with Gasteiger partial charge in [0.2, 0.25) is 11.8 Å². The molecule has 0 unspecified atom stereocenters. The van der Waals surface area contributed by atoms with E-state index >= 15 is 0 Å². The number of aromatic nitrogens is 1. The number of rotatable bonds is 4. The molecule has 1 aliphatic carbocycles. The summed E-state index contributed by atoms with van der Waals surface area (Å²) in [6, 6.07) is -0.0248. The number of piperidine rings is 1. The van der Waals surface area contributed by atoms with Gasteiger partial charge in [-0.2, -0.15) is 0 Å². The lowest BCUT2D eigenvalue weighted by Crippen LogP contribution is -2.46. The number of likely N-dealkylation sites (tertiary alicyclic amines) is 1. The third-order valence-electron chi connectivity index (χ3n) is 4.72. The van der Waals surface area contributed by atoms with Crippen molar-refractivity contribution >= 4 is 23.2 Å². The maximum Gasteiger partial charge on any atom is 0.225 e. The zero-order valence-electron chi connectivity index (χ0n) is 14.1. The molecule has 0 spiro atoms. The average Bonchev–Trinajstić information content (AvgIpc) is 3.31. The second-order valence-electron chi connectivity index (χ2n) is 6.81. The van der Waals surface area contributed by atoms with Crippen LogP contribution in [0.25, 0.3) is 0 Å². The Morgan fingerprint density at radius 3 is 2.61 bits per heavy atom. The van der Waals surface area contributed by atoms with E-state index in [1.807, 2.05) is 25.7 Å². The molecule has 23 heavy (non-hydrogen) atoms. The second-order valence-corrected chi connectivity index (χ2v) is 8.05. The van der Waals surface area contributed by atoms with Crippen LogP contribution < -0.4 is 5.32 Å². The van der Waals surface area contributed by atoms with Gasteiger partial charge in [0.1, 0.15) is 0 Å². The van der Waals surface area contributed by atoms with Crippen molar-refractivity contribution in [1.29, 1.82) is 0 Å². The van der Waals surface area contributed by atoms with Gasteiger partial charge in [-0.25, -0.2) is 4.98 Å². The maximum absolute atomic E-state index is 12.6. The molecule has 0 radical (unpaired) electrons. The zero-order chi connectivity index (χ0) is 16.6. The minimum absolute atomic E-state index is 0.0248. The molecule has 1 saturated heterocycles. The first kappa shape index (κ1) is 16.4. The Morgan fingerprint density at radius 1 is 1.26 bits per heavy atom. The first-order valence-electron chi connectivity index (χ1n) is 8.48. The quantitative estimate of drug-likeness (QED) is 0.920. The van der Waals surface area contributed by atoms with E-state index in [4.69, 9.17) is 0 Å². The fourth-order valence-corrected chi connectivity index (χ4v) is 4.26. The molecule has 0 aromatic carbocycles. The molecule has 6 heteroatoms. The zero-order valence-corrected chi connectivity index (χ0v) is 14.9. The Kier molecular flexibility index (Phi) is 4.71. The van der Waals surface area contributed by atoms with Crippen LogP contribution in [-0.2, 0) is 9.59 Å². The number of carbonyl (C=O) groups excluding carboxylic acids is 2. The van der Waals surface area contributed by atoms with Crippen molar-refractivity contribution in [3.05, 3.63) is 15.6 Å². The molecule has 5 nitrogen and oxygen atoms in total. The van der Waals surface area contributed by atoms with Gasteiger partial charge >= 0.3 is 0 Å². The monoisotopic (exact) mass is 335 g/mol. The minimum atomic E-state index is -0.0803. The van der Waals surface area contributed by atoms with E-state index in [1.54, 1.807) is 11.3 Å². The Labute approximate surface area is 141 Å². The summed E-state index contributed by atoms with van der Waals surface area (Å²) >= 11 is 1.64. The van der Waals surface area contributed by atoms with E-state index in [0.29, 0.717) is 6.54 Å². The van der Waals surface area contributed by atoms with Crippen LogP contribution in [0.2, 0.25) is 0 Å². The van der Waals surface area contributed by atoms with E-state index in [-0.39, 0.29) is 29.7 Å². The van der Waals surface area contributed by atoms with Gasteiger partial charge in [-0.3, -0.25) is 9.59 Å². The molecule has 0 bridgehead atoms. The van der Waals surface area contributed by atoms with Crippen LogP contribution in [-0.4, -0.2) is 34.8 Å². The molecular formula is C17H25N3O2S. The molecule has 1 aromatic heterocycles. The minimum Gasteiger partial charge on any atom is -0.348 e. The number of nitrogens with zero attached hydrogens (tertiary/aromatic N) is 2. The lowest BCUT2D eigenvalue weighted by Gasteiger charge is -2.32. The van der Waals surface area contributed by atoms with Gasteiger partial charge in [0.15, 0.2) is 0 Å². The third kappa shape index (κ3) is 3.74. The molecule has 2 heterocycles. The van der Waals surface area contributed by atoms with Crippen LogP contribution in [0.4, 0.5) is 0 Å². The molecule has 2 aliphatic rings. The summed E-state index contributed by atoms with van der Waals surface area (Å²) in [4.78, 5) is 32.2. The van der Waals surface area contributed by atoms with E-state index in [9.17, 15) is 9.59 Å². The molecule has 2 amide bonds. The topological polar surface area (TPSA) is 62.3 Å². The first-order chi connectivity index (χ1) is 11.0. The second kappa shape index (κ2) is 6.59. The standard InChI is InChI=1S/C17H25N3O2S/c1-10-15(23-12(3)18-10)11(2)19-16(21)14-5-4-8-20(9-14)17(22)13-6-7-13/h11,13-14H,4-9H2,1-3H3,(H,19,21)/t11-,14-/m0/s1. The molecule has 2 atom stereocenters. The van der Waals surface area contributed by atoms with Gasteiger partial charge in [-0.05, 0) is 46.5 Å². The summed E-state index contributed by atoms with van der Waals surface area (Å²) in [5.74, 6) is 0.475. The highest BCUT2D eigenvalue weighted by atomic mass is 32.1. The highest BCUT2D eigenvalue weighted by Crippen LogP contribution is 2.32. The van der Waals surface area contributed by atoms with Crippen LogP contribution >= 0.6 is 11.3 Å². The molecular weight excluding hydrogens is 310 g/mol. The van der Waals surface area contributed by atoms with Gasteiger partial charge in [0.05, 0.1) is 22.7 Å². The number of hydrogen-bond acceptors (Lipinski definition) is 4. The normalized spacial score (nSPS) is 22.7. The molecule has 1 N–H and O–H groups in total. The molecule has 1 aromatic rings. The van der Waals surface area contributed by atoms with Crippen LogP contribution in [0.15, 0.2) is 0 Å². The number of amides is 2. The summed E-state index contributed by atoms with van der Waals surface area (Å²) < 4.78 is 0. The summed E-state index contributed by atoms with van der Waals surface area (Å²) in [5, 5.41) is 4.14. The third-order valence-corrected chi connectivity index (χ3v) is 5.98. The first-order valence-corrected chi connectivity index (χ1v) is 9.30. The predicted molar refractivity (Wildman–Crippen MR) is 90.2 cm³/mol. The molecule has 1 aliphatic heterocycles. The Balaban J connectivity index is 1.58.